The van der Waals surface area contributed by atoms with Crippen molar-refractivity contribution < 1.29 is 0 Å². The summed E-state index contributed by atoms with van der Waals surface area (Å²) in [5, 5.41) is 0. The number of hydrogen-bond donors (Lipinski definition) is 0. The molecule has 0 amide bonds. The lowest BCUT2D eigenvalue weighted by Crippen LogP contribution is -2.39. The topological polar surface area (TPSA) is 3.24 Å². The van der Waals surface area contributed by atoms with Crippen molar-refractivity contribution >= 4 is 5.69 Å². The fraction of sp³-hybridized carbons (Fsp3) is 0.478. The first-order valence-electron chi connectivity index (χ1n) is 9.35. The Balaban J connectivity index is 2.07. The van der Waals surface area contributed by atoms with Crippen molar-refractivity contribution in [2.75, 3.05) is 11.4 Å². The quantitative estimate of drug-likeness (QED) is 0.692. The molecule has 2 aromatic carbocycles. The standard InChI is InChI=1S/C23H31N/c1-6-18-12-11-13-19(7-2)21(18)24-17-23(5,16-22(24,3)4)20-14-9-8-10-15-20/h8-15H,6-7,16-17H2,1-5H3. The molecule has 1 nitrogen and oxygen atoms in total. The van der Waals surface area contributed by atoms with Gasteiger partial charge in [0.1, 0.15) is 0 Å². The van der Waals surface area contributed by atoms with Gasteiger partial charge in [0.05, 0.1) is 0 Å². The van der Waals surface area contributed by atoms with Crippen LogP contribution in [-0.4, -0.2) is 12.1 Å². The summed E-state index contributed by atoms with van der Waals surface area (Å²) >= 11 is 0. The van der Waals surface area contributed by atoms with E-state index in [1.165, 1.54) is 28.8 Å². The summed E-state index contributed by atoms with van der Waals surface area (Å²) in [5.74, 6) is 0. The first-order chi connectivity index (χ1) is 11.4. The number of para-hydroxylation sites is 1. The molecule has 1 aliphatic heterocycles. The lowest BCUT2D eigenvalue weighted by Gasteiger charge is -2.36. The first kappa shape index (κ1) is 17.1. The van der Waals surface area contributed by atoms with Crippen molar-refractivity contribution in [3.05, 3.63) is 65.2 Å². The van der Waals surface area contributed by atoms with Crippen molar-refractivity contribution in [1.29, 1.82) is 0 Å². The molecule has 24 heavy (non-hydrogen) atoms. The van der Waals surface area contributed by atoms with Gasteiger partial charge in [0.25, 0.3) is 0 Å². The minimum atomic E-state index is 0.166. The van der Waals surface area contributed by atoms with E-state index in [0.29, 0.717) is 0 Å². The van der Waals surface area contributed by atoms with E-state index in [9.17, 15) is 0 Å². The first-order valence-corrected chi connectivity index (χ1v) is 9.35. The SMILES string of the molecule is CCc1cccc(CC)c1N1CC(C)(c2ccccc2)CC1(C)C. The van der Waals surface area contributed by atoms with Crippen molar-refractivity contribution in [3.63, 3.8) is 0 Å². The molecule has 128 valence electrons. The summed E-state index contributed by atoms with van der Waals surface area (Å²) in [5.41, 5.74) is 6.30. The van der Waals surface area contributed by atoms with E-state index in [1.54, 1.807) is 0 Å². The van der Waals surface area contributed by atoms with Crippen LogP contribution in [0.25, 0.3) is 0 Å². The van der Waals surface area contributed by atoms with Gasteiger partial charge in [-0.15, -0.1) is 0 Å². The second kappa shape index (κ2) is 6.27. The summed E-state index contributed by atoms with van der Waals surface area (Å²) in [6.45, 7) is 12.9. The van der Waals surface area contributed by atoms with Crippen LogP contribution in [0.5, 0.6) is 0 Å². The van der Waals surface area contributed by atoms with Crippen LogP contribution in [0, 0.1) is 0 Å². The molecule has 0 saturated carbocycles. The second-order valence-corrected chi connectivity index (χ2v) is 8.13. The smallest absolute Gasteiger partial charge is 0.0435 e. The van der Waals surface area contributed by atoms with Crippen LogP contribution in [0.4, 0.5) is 5.69 Å². The molecule has 0 bridgehead atoms. The van der Waals surface area contributed by atoms with Crippen LogP contribution in [-0.2, 0) is 18.3 Å². The summed E-state index contributed by atoms with van der Waals surface area (Å²) in [6, 6.07) is 17.9. The number of hydrogen-bond acceptors (Lipinski definition) is 1. The summed E-state index contributed by atoms with van der Waals surface area (Å²) in [4.78, 5) is 2.69. The average molecular weight is 322 g/mol. The molecule has 0 radical (unpaired) electrons. The minimum Gasteiger partial charge on any atom is -0.365 e. The predicted octanol–water partition coefficient (Wildman–Crippen LogP) is 5.76. The molecule has 1 saturated heterocycles. The zero-order valence-corrected chi connectivity index (χ0v) is 15.9. The molecule has 2 aromatic rings. The molecular weight excluding hydrogens is 290 g/mol. The highest BCUT2D eigenvalue weighted by molar-refractivity contribution is 5.63. The van der Waals surface area contributed by atoms with E-state index in [1.807, 2.05) is 0 Å². The molecule has 1 fully saturated rings. The zero-order chi connectivity index (χ0) is 17.4. The van der Waals surface area contributed by atoms with Crippen LogP contribution in [0.15, 0.2) is 48.5 Å². The molecule has 0 aliphatic carbocycles. The van der Waals surface area contributed by atoms with Gasteiger partial charge in [-0.05, 0) is 49.8 Å². The molecule has 0 aromatic heterocycles. The monoisotopic (exact) mass is 321 g/mol. The summed E-state index contributed by atoms with van der Waals surface area (Å²) in [6.07, 6.45) is 3.38. The highest BCUT2D eigenvalue weighted by Crippen LogP contribution is 2.47. The van der Waals surface area contributed by atoms with Gasteiger partial charge in [-0.2, -0.15) is 0 Å². The van der Waals surface area contributed by atoms with Gasteiger partial charge in [0.2, 0.25) is 0 Å². The molecule has 3 rings (SSSR count). The van der Waals surface area contributed by atoms with Gasteiger partial charge in [-0.3, -0.25) is 0 Å². The lowest BCUT2D eigenvalue weighted by molar-refractivity contribution is 0.444. The van der Waals surface area contributed by atoms with Crippen LogP contribution in [0.3, 0.4) is 0 Å². The molecule has 1 heteroatoms. The molecule has 1 heterocycles. The Morgan fingerprint density at radius 3 is 1.96 bits per heavy atom. The maximum atomic E-state index is 2.69. The maximum Gasteiger partial charge on any atom is 0.0435 e. The molecule has 1 aliphatic rings. The van der Waals surface area contributed by atoms with E-state index in [0.717, 1.165) is 19.4 Å². The van der Waals surface area contributed by atoms with Gasteiger partial charge in [-0.25, -0.2) is 0 Å². The normalized spacial score (nSPS) is 22.8. The van der Waals surface area contributed by atoms with Crippen molar-refractivity contribution in [3.8, 4) is 0 Å². The van der Waals surface area contributed by atoms with Gasteiger partial charge < -0.3 is 4.90 Å². The Morgan fingerprint density at radius 2 is 1.42 bits per heavy atom. The second-order valence-electron chi connectivity index (χ2n) is 8.13. The predicted molar refractivity (Wildman–Crippen MR) is 105 cm³/mol. The van der Waals surface area contributed by atoms with E-state index < -0.39 is 0 Å². The fourth-order valence-corrected chi connectivity index (χ4v) is 4.65. The molecule has 0 N–H and O–H groups in total. The Labute approximate surface area is 147 Å². The van der Waals surface area contributed by atoms with Crippen molar-refractivity contribution in [2.45, 2.75) is 64.8 Å². The zero-order valence-electron chi connectivity index (χ0n) is 15.9. The third-order valence-electron chi connectivity index (χ3n) is 5.77. The largest absolute Gasteiger partial charge is 0.365 e. The van der Waals surface area contributed by atoms with Crippen LogP contribution >= 0.6 is 0 Å². The van der Waals surface area contributed by atoms with Crippen molar-refractivity contribution in [2.24, 2.45) is 0 Å². The molecular formula is C23H31N. The van der Waals surface area contributed by atoms with Crippen LogP contribution in [0.2, 0.25) is 0 Å². The highest BCUT2D eigenvalue weighted by atomic mass is 15.2. The van der Waals surface area contributed by atoms with E-state index in [-0.39, 0.29) is 11.0 Å². The molecule has 1 unspecified atom stereocenters. The Morgan fingerprint density at radius 1 is 0.833 bits per heavy atom. The van der Waals surface area contributed by atoms with E-state index >= 15 is 0 Å². The van der Waals surface area contributed by atoms with Gasteiger partial charge in [0.15, 0.2) is 0 Å². The third kappa shape index (κ3) is 2.85. The van der Waals surface area contributed by atoms with Gasteiger partial charge >= 0.3 is 0 Å². The highest BCUT2D eigenvalue weighted by Gasteiger charge is 2.47. The number of anilines is 1. The van der Waals surface area contributed by atoms with Gasteiger partial charge in [-0.1, -0.05) is 69.3 Å². The number of benzene rings is 2. The Kier molecular flexibility index (Phi) is 4.46. The number of aryl methyl sites for hydroxylation is 2. The van der Waals surface area contributed by atoms with E-state index in [4.69, 9.17) is 0 Å². The van der Waals surface area contributed by atoms with Crippen molar-refractivity contribution in [1.82, 2.24) is 0 Å². The average Bonchev–Trinajstić information content (AvgIpc) is 2.84. The minimum absolute atomic E-state index is 0.166. The van der Waals surface area contributed by atoms with Crippen LogP contribution in [0.1, 0.15) is 57.7 Å². The maximum absolute atomic E-state index is 2.69. The van der Waals surface area contributed by atoms with Gasteiger partial charge in [0, 0.05) is 23.2 Å². The Hall–Kier alpha value is -1.76. The summed E-state index contributed by atoms with van der Waals surface area (Å²) in [7, 11) is 0. The summed E-state index contributed by atoms with van der Waals surface area (Å²) < 4.78 is 0. The van der Waals surface area contributed by atoms with Crippen LogP contribution < -0.4 is 4.90 Å². The molecule has 0 spiro atoms. The van der Waals surface area contributed by atoms with E-state index in [2.05, 4.69) is 88.0 Å². The lowest BCUT2D eigenvalue weighted by atomic mass is 9.78. The number of nitrogens with zero attached hydrogens (tertiary/aromatic N) is 1. The fourth-order valence-electron chi connectivity index (χ4n) is 4.65. The number of rotatable bonds is 4. The third-order valence-corrected chi connectivity index (χ3v) is 5.77. The molecule has 1 atom stereocenters. The Bertz CT molecular complexity index is 679.